The number of hydrogen-bond acceptors (Lipinski definition) is 3. The Hall–Kier alpha value is -1.81. The maximum atomic E-state index is 6.24. The van der Waals surface area contributed by atoms with E-state index in [1.165, 1.54) is 0 Å². The summed E-state index contributed by atoms with van der Waals surface area (Å²) in [4.78, 5) is 8.97. The van der Waals surface area contributed by atoms with E-state index in [4.69, 9.17) is 11.6 Å². The summed E-state index contributed by atoms with van der Waals surface area (Å²) in [6, 6.07) is 8.05. The lowest BCUT2D eigenvalue weighted by molar-refractivity contribution is 0.643. The highest BCUT2D eigenvalue weighted by atomic mass is 35.5. The van der Waals surface area contributed by atoms with Crippen LogP contribution in [0.5, 0.6) is 0 Å². The first-order chi connectivity index (χ1) is 8.84. The van der Waals surface area contributed by atoms with Gasteiger partial charge in [-0.3, -0.25) is 0 Å². The Morgan fingerprint density at radius 2 is 2.11 bits per heavy atom. The van der Waals surface area contributed by atoms with Crippen molar-refractivity contribution in [3.05, 3.63) is 29.4 Å². The molecule has 1 aliphatic rings. The quantitative estimate of drug-likeness (QED) is 0.630. The highest BCUT2D eigenvalue weighted by Crippen LogP contribution is 2.32. The summed E-state index contributed by atoms with van der Waals surface area (Å²) in [6.45, 7) is 1.94. The molecule has 0 saturated heterocycles. The smallest absolute Gasteiger partial charge is 0.204 e. The van der Waals surface area contributed by atoms with Crippen LogP contribution < -0.4 is 5.32 Å². The zero-order valence-electron chi connectivity index (χ0n) is 9.65. The van der Waals surface area contributed by atoms with Crippen molar-refractivity contribution in [2.75, 3.05) is 11.9 Å². The molecule has 0 unspecified atom stereocenters. The predicted octanol–water partition coefficient (Wildman–Crippen LogP) is 3.05. The molecule has 1 N–H and O–H groups in total. The third-order valence-electron chi connectivity index (χ3n) is 3.38. The minimum absolute atomic E-state index is 0.479. The highest BCUT2D eigenvalue weighted by Gasteiger charge is 2.19. The highest BCUT2D eigenvalue weighted by molar-refractivity contribution is 6.35. The number of benzene rings is 1. The van der Waals surface area contributed by atoms with Crippen LogP contribution >= 0.6 is 11.6 Å². The average Bonchev–Trinajstić information content (AvgIpc) is 2.79. The number of fused-ring (bicyclic) bond motifs is 5. The fourth-order valence-electron chi connectivity index (χ4n) is 2.59. The summed E-state index contributed by atoms with van der Waals surface area (Å²) in [6.07, 6.45) is 1.10. The standard InChI is InChI=1S/C13H11ClN4/c14-12-10-11(8-4-1-2-5-9(8)16-12)18-7-3-6-15-13(18)17-10/h1-2,4-5H,3,6-7H2,(H,15,17). The molecular formula is C13H11ClN4. The molecule has 0 atom stereocenters. The van der Waals surface area contributed by atoms with E-state index < -0.39 is 0 Å². The van der Waals surface area contributed by atoms with E-state index in [-0.39, 0.29) is 0 Å². The minimum atomic E-state index is 0.479. The van der Waals surface area contributed by atoms with Crippen molar-refractivity contribution in [2.45, 2.75) is 13.0 Å². The van der Waals surface area contributed by atoms with Crippen molar-refractivity contribution < 1.29 is 0 Å². The van der Waals surface area contributed by atoms with Crippen molar-refractivity contribution in [1.29, 1.82) is 0 Å². The second-order valence-electron chi connectivity index (χ2n) is 4.48. The van der Waals surface area contributed by atoms with Gasteiger partial charge in [-0.1, -0.05) is 29.8 Å². The van der Waals surface area contributed by atoms with Gasteiger partial charge in [0.2, 0.25) is 5.95 Å². The Labute approximate surface area is 109 Å². The molecule has 0 fully saturated rings. The number of anilines is 1. The second kappa shape index (κ2) is 3.59. The van der Waals surface area contributed by atoms with Gasteiger partial charge < -0.3 is 9.88 Å². The van der Waals surface area contributed by atoms with Gasteiger partial charge in [-0.15, -0.1) is 0 Å². The van der Waals surface area contributed by atoms with Gasteiger partial charge in [-0.05, 0) is 12.5 Å². The van der Waals surface area contributed by atoms with E-state index in [1.807, 2.05) is 18.2 Å². The van der Waals surface area contributed by atoms with Crippen LogP contribution in [0.3, 0.4) is 0 Å². The van der Waals surface area contributed by atoms with Crippen molar-refractivity contribution in [3.8, 4) is 0 Å². The summed E-state index contributed by atoms with van der Waals surface area (Å²) >= 11 is 6.24. The molecule has 0 aliphatic carbocycles. The number of pyridine rings is 1. The lowest BCUT2D eigenvalue weighted by atomic mass is 10.2. The number of para-hydroxylation sites is 1. The maximum Gasteiger partial charge on any atom is 0.204 e. The monoisotopic (exact) mass is 258 g/mol. The van der Waals surface area contributed by atoms with Crippen LogP contribution in [-0.4, -0.2) is 21.1 Å². The van der Waals surface area contributed by atoms with Crippen molar-refractivity contribution in [3.63, 3.8) is 0 Å². The Bertz CT molecular complexity index is 762. The topological polar surface area (TPSA) is 42.7 Å². The van der Waals surface area contributed by atoms with E-state index >= 15 is 0 Å². The molecule has 3 aromatic rings. The van der Waals surface area contributed by atoms with Crippen LogP contribution in [0, 0.1) is 0 Å². The zero-order valence-corrected chi connectivity index (χ0v) is 10.4. The molecule has 90 valence electrons. The molecular weight excluding hydrogens is 248 g/mol. The Balaban J connectivity index is 2.24. The van der Waals surface area contributed by atoms with Crippen LogP contribution in [0.15, 0.2) is 24.3 Å². The van der Waals surface area contributed by atoms with Gasteiger partial charge in [0.25, 0.3) is 0 Å². The van der Waals surface area contributed by atoms with Gasteiger partial charge in [-0.2, -0.15) is 0 Å². The minimum Gasteiger partial charge on any atom is -0.356 e. The number of imidazole rings is 1. The summed E-state index contributed by atoms with van der Waals surface area (Å²) in [5.41, 5.74) is 2.80. The van der Waals surface area contributed by atoms with E-state index in [0.29, 0.717) is 5.15 Å². The lowest BCUT2D eigenvalue weighted by Gasteiger charge is -2.16. The van der Waals surface area contributed by atoms with E-state index in [9.17, 15) is 0 Å². The number of halogens is 1. The van der Waals surface area contributed by atoms with Gasteiger partial charge in [-0.25, -0.2) is 9.97 Å². The van der Waals surface area contributed by atoms with Gasteiger partial charge in [0, 0.05) is 18.5 Å². The average molecular weight is 259 g/mol. The molecule has 5 heteroatoms. The Morgan fingerprint density at radius 1 is 1.22 bits per heavy atom. The summed E-state index contributed by atoms with van der Waals surface area (Å²) in [7, 11) is 0. The summed E-state index contributed by atoms with van der Waals surface area (Å²) in [5.74, 6) is 0.899. The molecule has 4 rings (SSSR count). The molecule has 1 aromatic carbocycles. The molecule has 3 heterocycles. The number of aromatic nitrogens is 3. The molecule has 0 spiro atoms. The van der Waals surface area contributed by atoms with Crippen LogP contribution in [0.25, 0.3) is 21.9 Å². The fraction of sp³-hybridized carbons (Fsp3) is 0.231. The fourth-order valence-corrected chi connectivity index (χ4v) is 2.81. The molecule has 2 aromatic heterocycles. The first-order valence-electron chi connectivity index (χ1n) is 6.03. The van der Waals surface area contributed by atoms with Gasteiger partial charge in [0.1, 0.15) is 5.52 Å². The zero-order chi connectivity index (χ0) is 12.1. The number of nitrogens with zero attached hydrogens (tertiary/aromatic N) is 3. The summed E-state index contributed by atoms with van der Waals surface area (Å²) in [5, 5.41) is 4.90. The normalized spacial score (nSPS) is 14.7. The van der Waals surface area contributed by atoms with Crippen molar-refractivity contribution in [2.24, 2.45) is 0 Å². The Morgan fingerprint density at radius 3 is 3.06 bits per heavy atom. The molecule has 1 aliphatic heterocycles. The van der Waals surface area contributed by atoms with Crippen LogP contribution in [0.1, 0.15) is 6.42 Å². The first-order valence-corrected chi connectivity index (χ1v) is 6.41. The third kappa shape index (κ3) is 1.26. The van der Waals surface area contributed by atoms with E-state index in [1.54, 1.807) is 0 Å². The number of nitrogens with one attached hydrogen (secondary N) is 1. The molecule has 4 nitrogen and oxygen atoms in total. The van der Waals surface area contributed by atoms with Crippen LogP contribution in [0.4, 0.5) is 5.95 Å². The van der Waals surface area contributed by atoms with E-state index in [2.05, 4.69) is 25.9 Å². The van der Waals surface area contributed by atoms with Crippen LogP contribution in [0.2, 0.25) is 5.15 Å². The second-order valence-corrected chi connectivity index (χ2v) is 4.84. The SMILES string of the molecule is Clc1nc2ccccc2c2c1nc1n2CCCN1. The van der Waals surface area contributed by atoms with Gasteiger partial charge in [0.15, 0.2) is 5.15 Å². The number of rotatable bonds is 0. The molecule has 0 amide bonds. The van der Waals surface area contributed by atoms with Crippen molar-refractivity contribution in [1.82, 2.24) is 14.5 Å². The number of hydrogen-bond donors (Lipinski definition) is 1. The molecule has 0 bridgehead atoms. The molecule has 0 saturated carbocycles. The van der Waals surface area contributed by atoms with E-state index in [0.717, 1.165) is 47.4 Å². The summed E-state index contributed by atoms with van der Waals surface area (Å²) < 4.78 is 2.20. The van der Waals surface area contributed by atoms with Gasteiger partial charge in [0.05, 0.1) is 11.0 Å². The third-order valence-corrected chi connectivity index (χ3v) is 3.65. The molecule has 0 radical (unpaired) electrons. The Kier molecular flexibility index (Phi) is 2.02. The largest absolute Gasteiger partial charge is 0.356 e. The van der Waals surface area contributed by atoms with Crippen LogP contribution in [-0.2, 0) is 6.54 Å². The first kappa shape index (κ1) is 10.1. The van der Waals surface area contributed by atoms with Crippen molar-refractivity contribution >= 4 is 39.5 Å². The predicted molar refractivity (Wildman–Crippen MR) is 73.2 cm³/mol. The number of aryl methyl sites for hydroxylation is 1. The van der Waals surface area contributed by atoms with Gasteiger partial charge >= 0.3 is 0 Å². The maximum absolute atomic E-state index is 6.24. The lowest BCUT2D eigenvalue weighted by Crippen LogP contribution is -2.17. The molecule has 18 heavy (non-hydrogen) atoms.